The highest BCUT2D eigenvalue weighted by Crippen LogP contribution is 2.11. The monoisotopic (exact) mass is 217 g/mol. The molecule has 1 rings (SSSR count). The summed E-state index contributed by atoms with van der Waals surface area (Å²) < 4.78 is 0. The van der Waals surface area contributed by atoms with E-state index in [4.69, 9.17) is 0 Å². The third-order valence-corrected chi connectivity index (χ3v) is 3.68. The van der Waals surface area contributed by atoms with E-state index >= 15 is 0 Å². The van der Waals surface area contributed by atoms with Gasteiger partial charge in [0, 0.05) is 24.6 Å². The molecule has 0 aromatic carbocycles. The number of thioether (sulfide) groups is 1. The summed E-state index contributed by atoms with van der Waals surface area (Å²) in [5.41, 5.74) is 0. The van der Waals surface area contributed by atoms with E-state index in [0.29, 0.717) is 0 Å². The Bertz CT molecular complexity index is 137. The van der Waals surface area contributed by atoms with Crippen molar-refractivity contribution in [3.63, 3.8) is 0 Å². The summed E-state index contributed by atoms with van der Waals surface area (Å²) in [5, 5.41) is 9.56. The van der Waals surface area contributed by atoms with Gasteiger partial charge in [0.2, 0.25) is 0 Å². The number of aliphatic hydroxyl groups excluding tert-OH is 1. The average molecular weight is 217 g/mol. The standard InChI is InChI=1S/C11H23NOS/c1-2-4-11(13)5-3-6-12-7-9-14-10-8-12/h11,13H,2-10H2,1H3. The van der Waals surface area contributed by atoms with Crippen molar-refractivity contribution in [2.24, 2.45) is 0 Å². The van der Waals surface area contributed by atoms with Crippen LogP contribution in [-0.2, 0) is 0 Å². The molecule has 0 radical (unpaired) electrons. The van der Waals surface area contributed by atoms with E-state index in [-0.39, 0.29) is 6.10 Å². The normalized spacial score (nSPS) is 21.0. The second-order valence-electron chi connectivity index (χ2n) is 4.04. The molecule has 84 valence electrons. The minimum atomic E-state index is -0.0563. The summed E-state index contributed by atoms with van der Waals surface area (Å²) in [6.45, 7) is 5.80. The van der Waals surface area contributed by atoms with Gasteiger partial charge in [0.25, 0.3) is 0 Å². The molecule has 1 aliphatic rings. The van der Waals surface area contributed by atoms with E-state index in [2.05, 4.69) is 23.6 Å². The van der Waals surface area contributed by atoms with E-state index in [1.807, 2.05) is 0 Å². The predicted octanol–water partition coefficient (Wildman–Crippen LogP) is 1.98. The van der Waals surface area contributed by atoms with Crippen molar-refractivity contribution in [2.75, 3.05) is 31.1 Å². The lowest BCUT2D eigenvalue weighted by Gasteiger charge is -2.26. The van der Waals surface area contributed by atoms with Gasteiger partial charge in [0.15, 0.2) is 0 Å². The molecule has 2 nitrogen and oxygen atoms in total. The maximum atomic E-state index is 9.56. The van der Waals surface area contributed by atoms with Crippen LogP contribution in [0.4, 0.5) is 0 Å². The highest BCUT2D eigenvalue weighted by molar-refractivity contribution is 7.99. The zero-order valence-electron chi connectivity index (χ0n) is 9.24. The topological polar surface area (TPSA) is 23.5 Å². The number of hydrogen-bond donors (Lipinski definition) is 1. The molecule has 1 atom stereocenters. The second-order valence-corrected chi connectivity index (χ2v) is 5.26. The first-order valence-corrected chi connectivity index (χ1v) is 6.96. The molecule has 1 N–H and O–H groups in total. The lowest BCUT2D eigenvalue weighted by molar-refractivity contribution is 0.144. The number of hydrogen-bond acceptors (Lipinski definition) is 3. The van der Waals surface area contributed by atoms with Gasteiger partial charge in [0.05, 0.1) is 6.10 Å². The molecule has 1 unspecified atom stereocenters. The summed E-state index contributed by atoms with van der Waals surface area (Å²) in [6, 6.07) is 0. The van der Waals surface area contributed by atoms with E-state index in [1.165, 1.54) is 31.1 Å². The van der Waals surface area contributed by atoms with Gasteiger partial charge in [0.1, 0.15) is 0 Å². The minimum absolute atomic E-state index is 0.0563. The van der Waals surface area contributed by atoms with Crippen LogP contribution in [0.3, 0.4) is 0 Å². The van der Waals surface area contributed by atoms with Crippen molar-refractivity contribution in [1.82, 2.24) is 4.90 Å². The maximum absolute atomic E-state index is 9.56. The van der Waals surface area contributed by atoms with Gasteiger partial charge < -0.3 is 10.0 Å². The van der Waals surface area contributed by atoms with Crippen LogP contribution in [0.5, 0.6) is 0 Å². The summed E-state index contributed by atoms with van der Waals surface area (Å²) in [5.74, 6) is 2.58. The Labute approximate surface area is 92.1 Å². The minimum Gasteiger partial charge on any atom is -0.393 e. The van der Waals surface area contributed by atoms with Gasteiger partial charge in [-0.3, -0.25) is 0 Å². The van der Waals surface area contributed by atoms with Gasteiger partial charge in [-0.1, -0.05) is 13.3 Å². The van der Waals surface area contributed by atoms with Gasteiger partial charge in [-0.05, 0) is 25.8 Å². The SMILES string of the molecule is CCCC(O)CCCN1CCSCC1. The van der Waals surface area contributed by atoms with Crippen LogP contribution in [0, 0.1) is 0 Å². The van der Waals surface area contributed by atoms with Crippen LogP contribution in [-0.4, -0.2) is 47.3 Å². The van der Waals surface area contributed by atoms with Crippen LogP contribution in [0.2, 0.25) is 0 Å². The fraction of sp³-hybridized carbons (Fsp3) is 1.00. The Morgan fingerprint density at radius 3 is 2.64 bits per heavy atom. The van der Waals surface area contributed by atoms with Crippen LogP contribution < -0.4 is 0 Å². The average Bonchev–Trinajstić information content (AvgIpc) is 2.20. The van der Waals surface area contributed by atoms with Crippen LogP contribution in [0.15, 0.2) is 0 Å². The van der Waals surface area contributed by atoms with E-state index in [0.717, 1.165) is 25.7 Å². The molecule has 1 saturated heterocycles. The van der Waals surface area contributed by atoms with Gasteiger partial charge in [-0.25, -0.2) is 0 Å². The van der Waals surface area contributed by atoms with Gasteiger partial charge in [-0.2, -0.15) is 11.8 Å². The molecule has 0 aromatic heterocycles. The molecule has 0 bridgehead atoms. The zero-order chi connectivity index (χ0) is 10.2. The Hall–Kier alpha value is 0.270. The smallest absolute Gasteiger partial charge is 0.0540 e. The number of rotatable bonds is 6. The van der Waals surface area contributed by atoms with E-state index in [1.54, 1.807) is 0 Å². The van der Waals surface area contributed by atoms with Crippen molar-refractivity contribution in [3.05, 3.63) is 0 Å². The first-order chi connectivity index (χ1) is 6.83. The van der Waals surface area contributed by atoms with Crippen LogP contribution in [0.1, 0.15) is 32.6 Å². The number of aliphatic hydroxyl groups is 1. The zero-order valence-corrected chi connectivity index (χ0v) is 10.1. The van der Waals surface area contributed by atoms with Crippen molar-refractivity contribution >= 4 is 11.8 Å². The molecule has 0 amide bonds. The summed E-state index contributed by atoms with van der Waals surface area (Å²) in [7, 11) is 0. The lowest BCUT2D eigenvalue weighted by atomic mass is 10.1. The molecule has 1 aliphatic heterocycles. The Kier molecular flexibility index (Phi) is 6.65. The highest BCUT2D eigenvalue weighted by Gasteiger charge is 2.10. The quantitative estimate of drug-likeness (QED) is 0.736. The van der Waals surface area contributed by atoms with Crippen molar-refractivity contribution in [3.8, 4) is 0 Å². The molecule has 0 saturated carbocycles. The number of nitrogens with zero attached hydrogens (tertiary/aromatic N) is 1. The summed E-state index contributed by atoms with van der Waals surface area (Å²) in [4.78, 5) is 2.52. The van der Waals surface area contributed by atoms with Gasteiger partial charge in [-0.15, -0.1) is 0 Å². The Morgan fingerprint density at radius 1 is 1.29 bits per heavy atom. The first-order valence-electron chi connectivity index (χ1n) is 5.81. The fourth-order valence-electron chi connectivity index (χ4n) is 1.85. The maximum Gasteiger partial charge on any atom is 0.0540 e. The molecular formula is C11H23NOS. The van der Waals surface area contributed by atoms with Crippen molar-refractivity contribution < 1.29 is 5.11 Å². The van der Waals surface area contributed by atoms with Crippen molar-refractivity contribution in [1.29, 1.82) is 0 Å². The molecule has 1 fully saturated rings. The molecule has 1 heterocycles. The molecule has 0 aromatic rings. The predicted molar refractivity (Wildman–Crippen MR) is 63.9 cm³/mol. The van der Waals surface area contributed by atoms with Crippen LogP contribution in [0.25, 0.3) is 0 Å². The molecule has 14 heavy (non-hydrogen) atoms. The molecule has 3 heteroatoms. The second kappa shape index (κ2) is 7.55. The largest absolute Gasteiger partial charge is 0.393 e. The van der Waals surface area contributed by atoms with Crippen molar-refractivity contribution in [2.45, 2.75) is 38.7 Å². The van der Waals surface area contributed by atoms with E-state index < -0.39 is 0 Å². The fourth-order valence-corrected chi connectivity index (χ4v) is 2.83. The van der Waals surface area contributed by atoms with E-state index in [9.17, 15) is 5.11 Å². The summed E-state index contributed by atoms with van der Waals surface area (Å²) >= 11 is 2.06. The molecule has 0 spiro atoms. The third kappa shape index (κ3) is 5.23. The molecule has 0 aliphatic carbocycles. The molecular weight excluding hydrogens is 194 g/mol. The third-order valence-electron chi connectivity index (χ3n) is 2.74. The Morgan fingerprint density at radius 2 is 2.00 bits per heavy atom. The lowest BCUT2D eigenvalue weighted by Crippen LogP contribution is -2.33. The summed E-state index contributed by atoms with van der Waals surface area (Å²) in [6.07, 6.45) is 4.15. The highest BCUT2D eigenvalue weighted by atomic mass is 32.2. The van der Waals surface area contributed by atoms with Gasteiger partial charge >= 0.3 is 0 Å². The first kappa shape index (κ1) is 12.3. The Balaban J connectivity index is 1.96. The van der Waals surface area contributed by atoms with Crippen LogP contribution >= 0.6 is 11.8 Å².